The van der Waals surface area contributed by atoms with E-state index in [0.29, 0.717) is 17.0 Å². The first-order valence-corrected chi connectivity index (χ1v) is 9.44. The van der Waals surface area contributed by atoms with Crippen molar-refractivity contribution in [1.82, 2.24) is 0 Å². The first-order chi connectivity index (χ1) is 14.5. The van der Waals surface area contributed by atoms with Crippen LogP contribution in [0, 0.1) is 6.92 Å². The van der Waals surface area contributed by atoms with E-state index in [0.717, 1.165) is 10.9 Å². The number of fused-ring (bicyclic) bond motifs is 1. The maximum atomic E-state index is 13.4. The highest BCUT2D eigenvalue weighted by Crippen LogP contribution is 2.42. The third-order valence-electron chi connectivity index (χ3n) is 5.23. The molecule has 6 heteroatoms. The van der Waals surface area contributed by atoms with Crippen molar-refractivity contribution >= 4 is 28.3 Å². The number of aliphatic hydroxyl groups is 1. The molecule has 0 spiro atoms. The fourth-order valence-corrected chi connectivity index (χ4v) is 3.75. The Morgan fingerprint density at radius 2 is 1.80 bits per heavy atom. The molecule has 0 saturated carbocycles. The first kappa shape index (κ1) is 18.0. The Kier molecular flexibility index (Phi) is 4.06. The van der Waals surface area contributed by atoms with Crippen LogP contribution < -0.4 is 4.90 Å². The molecule has 148 valence electrons. The Morgan fingerprint density at radius 3 is 2.50 bits per heavy atom. The second-order valence-corrected chi connectivity index (χ2v) is 7.17. The second kappa shape index (κ2) is 6.77. The summed E-state index contributed by atoms with van der Waals surface area (Å²) in [6.45, 7) is 1.94. The van der Waals surface area contributed by atoms with Crippen LogP contribution in [0.5, 0.6) is 0 Å². The van der Waals surface area contributed by atoms with E-state index in [9.17, 15) is 14.7 Å². The zero-order valence-electron chi connectivity index (χ0n) is 16.0. The van der Waals surface area contributed by atoms with Gasteiger partial charge in [0.25, 0.3) is 5.91 Å². The number of aryl methyl sites for hydroxylation is 1. The molecule has 3 heterocycles. The van der Waals surface area contributed by atoms with E-state index in [1.807, 2.05) is 31.2 Å². The van der Waals surface area contributed by atoms with E-state index in [2.05, 4.69) is 0 Å². The number of rotatable bonds is 4. The van der Waals surface area contributed by atoms with Gasteiger partial charge in [-0.3, -0.25) is 14.5 Å². The van der Waals surface area contributed by atoms with Crippen molar-refractivity contribution in [3.05, 3.63) is 101 Å². The van der Waals surface area contributed by atoms with E-state index in [1.54, 1.807) is 42.5 Å². The number of anilines is 1. The molecule has 0 aliphatic carbocycles. The molecule has 1 aliphatic heterocycles. The Bertz CT molecular complexity index is 1260. The lowest BCUT2D eigenvalue weighted by Gasteiger charge is -2.24. The molecule has 4 aromatic rings. The molecule has 5 rings (SSSR count). The molecular formula is C24H17NO5. The van der Waals surface area contributed by atoms with Gasteiger partial charge >= 0.3 is 0 Å². The van der Waals surface area contributed by atoms with Crippen LogP contribution >= 0.6 is 0 Å². The molecule has 1 unspecified atom stereocenters. The number of carbonyl (C=O) groups is 2. The molecular weight excluding hydrogens is 382 g/mol. The summed E-state index contributed by atoms with van der Waals surface area (Å²) >= 11 is 0. The number of hydrogen-bond acceptors (Lipinski definition) is 5. The number of carbonyl (C=O) groups excluding carboxylic acids is 2. The van der Waals surface area contributed by atoms with Gasteiger partial charge in [0.05, 0.1) is 11.8 Å². The SMILES string of the molecule is Cc1ccc(N2C(=O)C(O)=C(C(=O)c3cc4ccccc4o3)C2c2ccco2)cc1. The van der Waals surface area contributed by atoms with Gasteiger partial charge in [0.2, 0.25) is 5.78 Å². The molecule has 2 aromatic carbocycles. The highest BCUT2D eigenvalue weighted by Gasteiger charge is 2.46. The zero-order chi connectivity index (χ0) is 20.8. The predicted molar refractivity (Wildman–Crippen MR) is 110 cm³/mol. The van der Waals surface area contributed by atoms with E-state index >= 15 is 0 Å². The van der Waals surface area contributed by atoms with Crippen LogP contribution in [-0.2, 0) is 4.79 Å². The van der Waals surface area contributed by atoms with Crippen molar-refractivity contribution in [3.63, 3.8) is 0 Å². The number of amides is 1. The maximum Gasteiger partial charge on any atom is 0.294 e. The summed E-state index contributed by atoms with van der Waals surface area (Å²) in [5.74, 6) is -1.42. The lowest BCUT2D eigenvalue weighted by Crippen LogP contribution is -2.30. The van der Waals surface area contributed by atoms with Crippen molar-refractivity contribution in [2.45, 2.75) is 13.0 Å². The van der Waals surface area contributed by atoms with Crippen LogP contribution in [0.4, 0.5) is 5.69 Å². The molecule has 0 bridgehead atoms. The van der Waals surface area contributed by atoms with Crippen LogP contribution in [0.1, 0.15) is 27.9 Å². The minimum absolute atomic E-state index is 0.0489. The monoisotopic (exact) mass is 399 g/mol. The minimum atomic E-state index is -0.907. The average molecular weight is 399 g/mol. The van der Waals surface area contributed by atoms with Crippen LogP contribution in [0.2, 0.25) is 0 Å². The van der Waals surface area contributed by atoms with Crippen molar-refractivity contribution in [2.75, 3.05) is 4.90 Å². The third kappa shape index (κ3) is 2.73. The highest BCUT2D eigenvalue weighted by molar-refractivity contribution is 6.20. The molecule has 1 atom stereocenters. The molecule has 6 nitrogen and oxygen atoms in total. The fraction of sp³-hybridized carbons (Fsp3) is 0.0833. The summed E-state index contributed by atoms with van der Waals surface area (Å²) in [7, 11) is 0. The zero-order valence-corrected chi connectivity index (χ0v) is 16.0. The van der Waals surface area contributed by atoms with Crippen LogP contribution in [-0.4, -0.2) is 16.8 Å². The Hall–Kier alpha value is -4.06. The Morgan fingerprint density at radius 1 is 1.03 bits per heavy atom. The van der Waals surface area contributed by atoms with Crippen molar-refractivity contribution in [2.24, 2.45) is 0 Å². The van der Waals surface area contributed by atoms with Crippen LogP contribution in [0.25, 0.3) is 11.0 Å². The Labute approximate surface area is 171 Å². The number of benzene rings is 2. The minimum Gasteiger partial charge on any atom is -0.503 e. The number of para-hydroxylation sites is 1. The van der Waals surface area contributed by atoms with E-state index in [1.165, 1.54) is 11.2 Å². The summed E-state index contributed by atoms with van der Waals surface area (Å²) in [5.41, 5.74) is 2.05. The summed E-state index contributed by atoms with van der Waals surface area (Å²) in [5, 5.41) is 11.5. The number of hydrogen-bond donors (Lipinski definition) is 1. The van der Waals surface area contributed by atoms with Gasteiger partial charge in [-0.2, -0.15) is 0 Å². The van der Waals surface area contributed by atoms with Crippen molar-refractivity contribution in [1.29, 1.82) is 0 Å². The lowest BCUT2D eigenvalue weighted by molar-refractivity contribution is -0.117. The summed E-state index contributed by atoms with van der Waals surface area (Å²) in [4.78, 5) is 27.7. The average Bonchev–Trinajstić information content (AvgIpc) is 3.47. The lowest BCUT2D eigenvalue weighted by atomic mass is 9.99. The van der Waals surface area contributed by atoms with Gasteiger partial charge in [-0.1, -0.05) is 35.9 Å². The number of aliphatic hydroxyl groups excluding tert-OH is 1. The second-order valence-electron chi connectivity index (χ2n) is 7.17. The van der Waals surface area contributed by atoms with Gasteiger partial charge in [0.15, 0.2) is 11.5 Å². The smallest absolute Gasteiger partial charge is 0.294 e. The number of ketones is 1. The first-order valence-electron chi connectivity index (χ1n) is 9.44. The fourth-order valence-electron chi connectivity index (χ4n) is 3.75. The predicted octanol–water partition coefficient (Wildman–Crippen LogP) is 5.12. The van der Waals surface area contributed by atoms with Crippen molar-refractivity contribution in [3.8, 4) is 0 Å². The van der Waals surface area contributed by atoms with E-state index in [4.69, 9.17) is 8.83 Å². The largest absolute Gasteiger partial charge is 0.503 e. The molecule has 1 amide bonds. The van der Waals surface area contributed by atoms with E-state index in [-0.39, 0.29) is 11.3 Å². The van der Waals surface area contributed by atoms with Gasteiger partial charge in [0.1, 0.15) is 17.4 Å². The summed E-state index contributed by atoms with van der Waals surface area (Å²) in [6.07, 6.45) is 1.46. The number of Topliss-reactive ketones (excluding diaryl/α,β-unsaturated/α-hetero) is 1. The van der Waals surface area contributed by atoms with Gasteiger partial charge in [-0.15, -0.1) is 0 Å². The third-order valence-corrected chi connectivity index (χ3v) is 5.23. The van der Waals surface area contributed by atoms with Gasteiger partial charge in [0, 0.05) is 11.1 Å². The molecule has 2 aromatic heterocycles. The Balaban J connectivity index is 1.64. The van der Waals surface area contributed by atoms with E-state index < -0.39 is 23.5 Å². The molecule has 0 radical (unpaired) electrons. The van der Waals surface area contributed by atoms with Gasteiger partial charge in [-0.25, -0.2) is 0 Å². The number of nitrogens with zero attached hydrogens (tertiary/aromatic N) is 1. The molecule has 0 fully saturated rings. The summed E-state index contributed by atoms with van der Waals surface area (Å²) in [6, 6.07) is 18.5. The molecule has 1 aliphatic rings. The van der Waals surface area contributed by atoms with Gasteiger partial charge in [-0.05, 0) is 43.3 Å². The van der Waals surface area contributed by atoms with Crippen LogP contribution in [0.3, 0.4) is 0 Å². The number of furan rings is 2. The summed E-state index contributed by atoms with van der Waals surface area (Å²) < 4.78 is 11.2. The van der Waals surface area contributed by atoms with Crippen LogP contribution in [0.15, 0.2) is 93.2 Å². The molecule has 1 N–H and O–H groups in total. The normalized spacial score (nSPS) is 16.6. The molecule has 30 heavy (non-hydrogen) atoms. The maximum absolute atomic E-state index is 13.4. The van der Waals surface area contributed by atoms with Gasteiger partial charge < -0.3 is 13.9 Å². The highest BCUT2D eigenvalue weighted by atomic mass is 16.3. The van der Waals surface area contributed by atoms with Crippen molar-refractivity contribution < 1.29 is 23.5 Å². The molecule has 0 saturated heterocycles. The topological polar surface area (TPSA) is 83.9 Å². The quantitative estimate of drug-likeness (QED) is 0.482. The standard InChI is InChI=1S/C24H17NO5/c1-14-8-10-16(11-9-14)25-21(18-7-4-12-29-18)20(23(27)24(25)28)22(26)19-13-15-5-2-3-6-17(15)30-19/h2-13,21,27H,1H3.